The van der Waals surface area contributed by atoms with Crippen LogP contribution in [0.5, 0.6) is 0 Å². The van der Waals surface area contributed by atoms with E-state index in [0.29, 0.717) is 33.2 Å². The van der Waals surface area contributed by atoms with Crippen LogP contribution in [0, 0.1) is 0 Å². The number of rotatable bonds is 7. The monoisotopic (exact) mass is 449 g/mol. The van der Waals surface area contributed by atoms with Crippen LogP contribution in [0.3, 0.4) is 0 Å². The van der Waals surface area contributed by atoms with Crippen molar-refractivity contribution in [1.29, 1.82) is 0 Å². The number of carbonyl (C=O) groups excluding carboxylic acids is 1. The van der Waals surface area contributed by atoms with E-state index in [1.807, 2.05) is 56.3 Å². The number of carbonyl (C=O) groups is 1. The highest BCUT2D eigenvalue weighted by atomic mass is 35.5. The topological polar surface area (TPSA) is 103 Å². The fourth-order valence-electron chi connectivity index (χ4n) is 3.58. The van der Waals surface area contributed by atoms with Crippen molar-refractivity contribution in [2.45, 2.75) is 13.8 Å². The predicted molar refractivity (Wildman–Crippen MR) is 127 cm³/mol. The molecule has 0 amide bonds. The Hall–Kier alpha value is -3.36. The van der Waals surface area contributed by atoms with Crippen LogP contribution < -0.4 is 5.73 Å². The number of aromatic nitrogens is 5. The van der Waals surface area contributed by atoms with Gasteiger partial charge in [0.1, 0.15) is 11.4 Å². The average Bonchev–Trinajstić information content (AvgIpc) is 3.23. The Morgan fingerprint density at radius 2 is 1.94 bits per heavy atom. The van der Waals surface area contributed by atoms with Crippen LogP contribution in [0.1, 0.15) is 24.3 Å². The lowest BCUT2D eigenvalue weighted by atomic mass is 10.0. The minimum absolute atomic E-state index is 0.0834. The second kappa shape index (κ2) is 9.02. The molecule has 0 aliphatic rings. The minimum Gasteiger partial charge on any atom is -0.382 e. The first-order chi connectivity index (χ1) is 15.4. The molecule has 0 spiro atoms. The molecule has 2 N–H and O–H groups in total. The van der Waals surface area contributed by atoms with Gasteiger partial charge in [0.25, 0.3) is 0 Å². The van der Waals surface area contributed by atoms with Crippen molar-refractivity contribution in [3.8, 4) is 22.6 Å². The van der Waals surface area contributed by atoms with Crippen molar-refractivity contribution >= 4 is 34.1 Å². The van der Waals surface area contributed by atoms with Gasteiger partial charge in [-0.25, -0.2) is 9.97 Å². The lowest BCUT2D eigenvalue weighted by Gasteiger charge is -2.18. The van der Waals surface area contributed by atoms with Gasteiger partial charge in [-0.15, -0.1) is 0 Å². The number of pyridine rings is 1. The second-order valence-corrected chi connectivity index (χ2v) is 7.85. The van der Waals surface area contributed by atoms with Crippen molar-refractivity contribution in [3.05, 3.63) is 53.4 Å². The van der Waals surface area contributed by atoms with Gasteiger partial charge in [0, 0.05) is 30.4 Å². The highest BCUT2D eigenvalue weighted by Gasteiger charge is 2.22. The number of nitrogen functional groups attached to an aromatic ring is 1. The van der Waals surface area contributed by atoms with Crippen molar-refractivity contribution in [2.24, 2.45) is 7.05 Å². The maximum absolute atomic E-state index is 13.0. The van der Waals surface area contributed by atoms with Crippen LogP contribution in [-0.2, 0) is 7.05 Å². The number of ketones is 1. The van der Waals surface area contributed by atoms with E-state index in [0.717, 1.165) is 18.5 Å². The molecule has 32 heavy (non-hydrogen) atoms. The molecule has 0 saturated heterocycles. The predicted octanol–water partition coefficient (Wildman–Crippen LogP) is 3.85. The molecule has 3 aromatic heterocycles. The summed E-state index contributed by atoms with van der Waals surface area (Å²) in [4.78, 5) is 28.7. The molecule has 0 saturated carbocycles. The zero-order chi connectivity index (χ0) is 22.8. The van der Waals surface area contributed by atoms with Gasteiger partial charge >= 0.3 is 0 Å². The third-order valence-electron chi connectivity index (χ3n) is 5.34. The molecular weight excluding hydrogens is 426 g/mol. The summed E-state index contributed by atoms with van der Waals surface area (Å²) in [5.74, 6) is -0.0961. The summed E-state index contributed by atoms with van der Waals surface area (Å²) in [6, 6.07) is 9.31. The molecule has 164 valence electrons. The molecule has 8 nitrogen and oxygen atoms in total. The van der Waals surface area contributed by atoms with E-state index in [1.54, 1.807) is 16.9 Å². The van der Waals surface area contributed by atoms with Gasteiger partial charge in [-0.3, -0.25) is 19.4 Å². The van der Waals surface area contributed by atoms with Crippen LogP contribution in [-0.4, -0.2) is 55.0 Å². The summed E-state index contributed by atoms with van der Waals surface area (Å²) < 4.78 is 1.67. The molecule has 0 atom stereocenters. The van der Waals surface area contributed by atoms with Crippen LogP contribution in [0.15, 0.2) is 42.7 Å². The Balaban J connectivity index is 1.91. The van der Waals surface area contributed by atoms with Crippen molar-refractivity contribution in [2.75, 3.05) is 25.4 Å². The summed E-state index contributed by atoms with van der Waals surface area (Å²) in [6.45, 7) is 5.74. The van der Waals surface area contributed by atoms with E-state index in [2.05, 4.69) is 15.1 Å². The van der Waals surface area contributed by atoms with Crippen molar-refractivity contribution < 1.29 is 4.79 Å². The third-order valence-corrected chi connectivity index (χ3v) is 5.62. The summed E-state index contributed by atoms with van der Waals surface area (Å²) in [6.07, 6.45) is 3.51. The molecule has 1 aromatic carbocycles. The van der Waals surface area contributed by atoms with Gasteiger partial charge in [0.15, 0.2) is 17.3 Å². The van der Waals surface area contributed by atoms with E-state index in [-0.39, 0.29) is 23.8 Å². The number of nitrogens with two attached hydrogens (primary N) is 1. The normalized spacial score (nSPS) is 11.4. The fourth-order valence-corrected chi connectivity index (χ4v) is 3.86. The maximum Gasteiger partial charge on any atom is 0.198 e. The molecule has 3 heterocycles. The van der Waals surface area contributed by atoms with Gasteiger partial charge in [-0.2, -0.15) is 5.10 Å². The Morgan fingerprint density at radius 1 is 1.16 bits per heavy atom. The zero-order valence-corrected chi connectivity index (χ0v) is 19.0. The number of hydrogen-bond acceptors (Lipinski definition) is 7. The standard InChI is InChI=1S/C23H24ClN7O/c1-4-31(5-2)13-18(32)22-23(25)28-21(17-8-10-30(3)29-17)20(27-22)15-11-14-7-6-9-26-19(14)16(24)12-15/h6-12H,4-5,13H2,1-3H3,(H2,25,28). The van der Waals surface area contributed by atoms with E-state index in [1.165, 1.54) is 0 Å². The molecule has 0 unspecified atom stereocenters. The number of fused-ring (bicyclic) bond motifs is 1. The summed E-state index contributed by atoms with van der Waals surface area (Å²) in [5.41, 5.74) is 9.34. The van der Waals surface area contributed by atoms with E-state index >= 15 is 0 Å². The van der Waals surface area contributed by atoms with Crippen molar-refractivity contribution in [1.82, 2.24) is 29.6 Å². The molecule has 4 aromatic rings. The Bertz CT molecular complexity index is 1300. The summed E-state index contributed by atoms with van der Waals surface area (Å²) in [5, 5.41) is 5.81. The average molecular weight is 450 g/mol. The number of anilines is 1. The number of nitrogens with zero attached hydrogens (tertiary/aromatic N) is 6. The highest BCUT2D eigenvalue weighted by molar-refractivity contribution is 6.35. The summed E-state index contributed by atoms with van der Waals surface area (Å²) in [7, 11) is 1.82. The lowest BCUT2D eigenvalue weighted by Crippen LogP contribution is -2.30. The van der Waals surface area contributed by atoms with Crippen LogP contribution >= 0.6 is 11.6 Å². The number of hydrogen-bond donors (Lipinski definition) is 1. The molecule has 0 radical (unpaired) electrons. The quantitative estimate of drug-likeness (QED) is 0.427. The SMILES string of the molecule is CCN(CC)CC(=O)c1nc(-c2cc(Cl)c3ncccc3c2)c(-c2ccn(C)n2)nc1N. The number of Topliss-reactive ketones (excluding diaryl/α,β-unsaturated/α-hetero) is 1. The van der Waals surface area contributed by atoms with Gasteiger partial charge in [-0.1, -0.05) is 31.5 Å². The van der Waals surface area contributed by atoms with Gasteiger partial charge in [0.2, 0.25) is 0 Å². The summed E-state index contributed by atoms with van der Waals surface area (Å²) >= 11 is 6.53. The number of aryl methyl sites for hydroxylation is 1. The van der Waals surface area contributed by atoms with Gasteiger partial charge in [0.05, 0.1) is 22.8 Å². The Labute approximate surface area is 191 Å². The number of likely N-dealkylation sites (N-methyl/N-ethyl adjacent to an activating group) is 1. The largest absolute Gasteiger partial charge is 0.382 e. The Morgan fingerprint density at radius 3 is 2.62 bits per heavy atom. The second-order valence-electron chi connectivity index (χ2n) is 7.45. The first-order valence-electron chi connectivity index (χ1n) is 10.4. The van der Waals surface area contributed by atoms with Gasteiger partial charge < -0.3 is 5.73 Å². The van der Waals surface area contributed by atoms with E-state index in [9.17, 15) is 4.79 Å². The first-order valence-corrected chi connectivity index (χ1v) is 10.8. The zero-order valence-electron chi connectivity index (χ0n) is 18.2. The van der Waals surface area contributed by atoms with Crippen molar-refractivity contribution in [3.63, 3.8) is 0 Å². The molecule has 0 aliphatic heterocycles. The molecule has 0 bridgehead atoms. The smallest absolute Gasteiger partial charge is 0.198 e. The number of benzene rings is 1. The molecule has 0 fully saturated rings. The molecule has 0 aliphatic carbocycles. The van der Waals surface area contributed by atoms with Crippen LogP contribution in [0.4, 0.5) is 5.82 Å². The molecule has 9 heteroatoms. The van der Waals surface area contributed by atoms with Gasteiger partial charge in [-0.05, 0) is 37.4 Å². The minimum atomic E-state index is -0.180. The van der Waals surface area contributed by atoms with E-state index < -0.39 is 0 Å². The Kier molecular flexibility index (Phi) is 6.16. The fraction of sp³-hybridized carbons (Fsp3) is 0.261. The lowest BCUT2D eigenvalue weighted by molar-refractivity contribution is 0.0933. The van der Waals surface area contributed by atoms with Crippen LogP contribution in [0.2, 0.25) is 5.02 Å². The third kappa shape index (κ3) is 4.19. The molecular formula is C23H24ClN7O. The first kappa shape index (κ1) is 21.9. The maximum atomic E-state index is 13.0. The number of halogens is 1. The highest BCUT2D eigenvalue weighted by Crippen LogP contribution is 2.34. The van der Waals surface area contributed by atoms with E-state index in [4.69, 9.17) is 22.3 Å². The van der Waals surface area contributed by atoms with Crippen LogP contribution in [0.25, 0.3) is 33.5 Å². The molecule has 4 rings (SSSR count).